The van der Waals surface area contributed by atoms with Gasteiger partial charge >= 0.3 is 89.2 Å². The Hall–Kier alpha value is -2.01. The van der Waals surface area contributed by atoms with Gasteiger partial charge in [0.05, 0.1) is 0 Å². The fourth-order valence-electron chi connectivity index (χ4n) is 0.306. The summed E-state index contributed by atoms with van der Waals surface area (Å²) in [5.74, 6) is 0. The van der Waals surface area contributed by atoms with Crippen molar-refractivity contribution in [2.75, 3.05) is 0 Å². The first-order valence-electron chi connectivity index (χ1n) is 2.57. The van der Waals surface area contributed by atoms with Crippen LogP contribution in [0.3, 0.4) is 0 Å². The first kappa shape index (κ1) is 14.5. The number of hydrogen-bond donors (Lipinski definition) is 0. The van der Waals surface area contributed by atoms with Gasteiger partial charge in [-0.2, -0.15) is 0 Å². The summed E-state index contributed by atoms with van der Waals surface area (Å²) in [7, 11) is -6.43. The minimum absolute atomic E-state index is 0. The van der Waals surface area contributed by atoms with Crippen molar-refractivity contribution in [1.82, 2.24) is 0 Å². The van der Waals surface area contributed by atoms with Crippen LogP contribution in [-0.2, 0) is 28.0 Å². The Labute approximate surface area is 89.1 Å². The molecule has 0 unspecified atom stereocenters. The van der Waals surface area contributed by atoms with E-state index in [4.69, 9.17) is 31.6 Å². The van der Waals surface area contributed by atoms with Gasteiger partial charge in [-0.15, -0.1) is 0 Å². The summed E-state index contributed by atoms with van der Waals surface area (Å²) in [6.07, 6.45) is 0. The van der Waals surface area contributed by atoms with Gasteiger partial charge in [0.15, 0.2) is 0 Å². The zero-order valence-corrected chi connectivity index (χ0v) is 8.82. The second-order valence-corrected chi connectivity index (χ2v) is 8.57. The summed E-state index contributed by atoms with van der Waals surface area (Å²) >= 11 is 0. The largest absolute Gasteiger partial charge is 2.00 e. The average molecular weight is 264 g/mol. The number of hydrogen-bond acceptors (Lipinski definition) is 6. The molecule has 0 aromatic carbocycles. The van der Waals surface area contributed by atoms with E-state index in [1.54, 1.807) is 0 Å². The smallest absolute Gasteiger partial charge is 2.00 e. The molecule has 0 aromatic heterocycles. The molecule has 0 saturated heterocycles. The summed E-state index contributed by atoms with van der Waals surface area (Å²) in [6, 6.07) is 0. The minimum Gasteiger partial charge on any atom is 2.00 e. The third kappa shape index (κ3) is 1.03. The molecule has 0 aliphatic heterocycles. The van der Waals surface area contributed by atoms with Crippen LogP contribution < -0.4 is 0 Å². The maximum Gasteiger partial charge on any atom is 2.00 e. The van der Waals surface area contributed by atoms with Crippen molar-refractivity contribution in [2.45, 2.75) is 0 Å². The van der Waals surface area contributed by atoms with Crippen molar-refractivity contribution in [3.8, 4) is 29.6 Å². The van der Waals surface area contributed by atoms with Gasteiger partial charge < -0.3 is 0 Å². The standard InChI is InChI=1S/6CN.Cr.Fe/c6*1-2;;/q;;;;;;-2;+2. The van der Waals surface area contributed by atoms with Crippen LogP contribution in [0.15, 0.2) is 0 Å². The molecule has 0 aliphatic carbocycles. The Balaban J connectivity index is 0. The molecule has 68 valence electrons. The third-order valence-corrected chi connectivity index (χ3v) is 5.65. The third-order valence-electron chi connectivity index (χ3n) is 1.37. The van der Waals surface area contributed by atoms with Gasteiger partial charge in [-0.3, -0.25) is 0 Å². The summed E-state index contributed by atoms with van der Waals surface area (Å²) in [6.45, 7) is 0. The average Bonchev–Trinajstić information content (AvgIpc) is 2.26. The van der Waals surface area contributed by atoms with E-state index in [0.717, 1.165) is 29.6 Å². The van der Waals surface area contributed by atoms with Gasteiger partial charge in [-0.05, 0) is 0 Å². The molecule has 0 saturated carbocycles. The predicted molar refractivity (Wildman–Crippen MR) is 33.7 cm³/mol. The first-order valence-corrected chi connectivity index (χ1v) is 6.39. The molecule has 0 aliphatic rings. The van der Waals surface area contributed by atoms with E-state index in [-0.39, 0.29) is 17.1 Å². The van der Waals surface area contributed by atoms with Crippen molar-refractivity contribution in [3.05, 3.63) is 0 Å². The molecule has 0 spiro atoms. The van der Waals surface area contributed by atoms with E-state index in [1.165, 1.54) is 0 Å². The molecule has 0 N–H and O–H groups in total. The Bertz CT molecular complexity index is 392. The van der Waals surface area contributed by atoms with E-state index >= 15 is 0 Å². The molecule has 0 rings (SSSR count). The fraction of sp³-hybridized carbons (Fsp3) is 0. The van der Waals surface area contributed by atoms with E-state index < -0.39 is 10.9 Å². The first-order chi connectivity index (χ1) is 5.97. The van der Waals surface area contributed by atoms with Crippen molar-refractivity contribution in [2.24, 2.45) is 0 Å². The molecule has 0 heterocycles. The number of nitriles is 6. The van der Waals surface area contributed by atoms with Crippen LogP contribution in [0.5, 0.6) is 0 Å². The molecule has 8 heteroatoms. The molecular weight excluding hydrogens is 264 g/mol. The Kier molecular flexibility index (Phi) is 3.15. The monoisotopic (exact) mass is 264 g/mol. The maximum absolute atomic E-state index is 8.59. The quantitative estimate of drug-likeness (QED) is 0.567. The van der Waals surface area contributed by atoms with Crippen molar-refractivity contribution in [1.29, 1.82) is 31.6 Å². The van der Waals surface area contributed by atoms with Crippen molar-refractivity contribution < 1.29 is 28.0 Å². The predicted octanol–water partition coefficient (Wildman–Crippen LogP) is 0.0957. The van der Waals surface area contributed by atoms with Crippen LogP contribution in [0.25, 0.3) is 0 Å². The number of rotatable bonds is 0. The van der Waals surface area contributed by atoms with Gasteiger partial charge in [0, 0.05) is 0 Å². The molecule has 0 bridgehead atoms. The van der Waals surface area contributed by atoms with E-state index in [0.29, 0.717) is 0 Å². The van der Waals surface area contributed by atoms with Gasteiger partial charge in [-0.1, -0.05) is 0 Å². The maximum atomic E-state index is 8.59. The van der Waals surface area contributed by atoms with Crippen LogP contribution in [0.4, 0.5) is 0 Å². The van der Waals surface area contributed by atoms with Crippen LogP contribution in [-0.4, -0.2) is 0 Å². The molecule has 14 heavy (non-hydrogen) atoms. The molecule has 0 fully saturated rings. The Morgan fingerprint density at radius 2 is 0.643 bits per heavy atom. The summed E-state index contributed by atoms with van der Waals surface area (Å²) in [5.41, 5.74) is 0. The van der Waals surface area contributed by atoms with E-state index in [1.807, 2.05) is 0 Å². The summed E-state index contributed by atoms with van der Waals surface area (Å²) < 4.78 is 0. The van der Waals surface area contributed by atoms with Gasteiger partial charge in [0.1, 0.15) is 0 Å². The van der Waals surface area contributed by atoms with E-state index in [2.05, 4.69) is 0 Å². The second-order valence-electron chi connectivity index (χ2n) is 2.08. The fourth-order valence-corrected chi connectivity index (χ4v) is 1.26. The van der Waals surface area contributed by atoms with Crippen LogP contribution in [0.1, 0.15) is 0 Å². The minimum atomic E-state index is -6.43. The number of nitrogens with zero attached hydrogens (tertiary/aromatic N) is 6. The molecule has 0 atom stereocenters. The van der Waals surface area contributed by atoms with Crippen molar-refractivity contribution in [3.63, 3.8) is 0 Å². The SMILES string of the molecule is N#[C][Cr-2]([C]#N)([C]#N)([C]#N)([C]#N)[C]#N.[Fe+2]. The molecule has 0 radical (unpaired) electrons. The molecule has 0 amide bonds. The second kappa shape index (κ2) is 3.04. The van der Waals surface area contributed by atoms with Crippen LogP contribution in [0, 0.1) is 61.2 Å². The van der Waals surface area contributed by atoms with Gasteiger partial charge in [-0.25, -0.2) is 0 Å². The van der Waals surface area contributed by atoms with Gasteiger partial charge in [0.2, 0.25) is 0 Å². The summed E-state index contributed by atoms with van der Waals surface area (Å²) in [4.78, 5) is 6.31. The Morgan fingerprint density at radius 1 is 0.500 bits per heavy atom. The topological polar surface area (TPSA) is 143 Å². The molecule has 0 aromatic rings. The zero-order valence-electron chi connectivity index (χ0n) is 6.45. The normalized spacial score (nSPS) is 12.4. The van der Waals surface area contributed by atoms with Crippen LogP contribution in [0.2, 0.25) is 0 Å². The summed E-state index contributed by atoms with van der Waals surface area (Å²) in [5, 5.41) is 51.5. The van der Waals surface area contributed by atoms with E-state index in [9.17, 15) is 0 Å². The van der Waals surface area contributed by atoms with Crippen LogP contribution >= 0.6 is 0 Å². The molecular formula is C6CrFeN6. The Morgan fingerprint density at radius 3 is 0.643 bits per heavy atom. The molecule has 6 nitrogen and oxygen atoms in total. The van der Waals surface area contributed by atoms with Crippen molar-refractivity contribution >= 4 is 0 Å². The van der Waals surface area contributed by atoms with Gasteiger partial charge in [0.25, 0.3) is 0 Å². The zero-order chi connectivity index (χ0) is 10.7.